The van der Waals surface area contributed by atoms with Crippen molar-refractivity contribution >= 4 is 28.8 Å². The second-order valence-electron chi connectivity index (χ2n) is 6.96. The Morgan fingerprint density at radius 2 is 1.53 bits per heavy atom. The van der Waals surface area contributed by atoms with Crippen LogP contribution in [0.25, 0.3) is 0 Å². The number of nitrogens with one attached hydrogen (secondary N) is 1. The molecule has 6 heteroatoms. The van der Waals surface area contributed by atoms with Crippen LogP contribution in [-0.4, -0.2) is 27.7 Å². The molecule has 1 saturated heterocycles. The summed E-state index contributed by atoms with van der Waals surface area (Å²) in [5, 5.41) is 2.87. The van der Waals surface area contributed by atoms with Gasteiger partial charge >= 0.3 is 0 Å². The molecule has 0 saturated carbocycles. The van der Waals surface area contributed by atoms with Crippen LogP contribution in [0.15, 0.2) is 84.9 Å². The first-order chi connectivity index (χ1) is 14.6. The van der Waals surface area contributed by atoms with Crippen molar-refractivity contribution < 1.29 is 14.4 Å². The van der Waals surface area contributed by atoms with Gasteiger partial charge in [0.2, 0.25) is 5.91 Å². The summed E-state index contributed by atoms with van der Waals surface area (Å²) >= 11 is 1.01. The number of carbonyl (C=O) groups excluding carboxylic acids is 3. The lowest BCUT2D eigenvalue weighted by Gasteiger charge is -2.20. The van der Waals surface area contributed by atoms with Crippen molar-refractivity contribution in [1.82, 2.24) is 10.2 Å². The second-order valence-corrected chi connectivity index (χ2v) is 7.89. The summed E-state index contributed by atoms with van der Waals surface area (Å²) < 4.78 is 0. The Kier molecular flexibility index (Phi) is 5.95. The van der Waals surface area contributed by atoms with Crippen LogP contribution < -0.4 is 5.32 Å². The minimum absolute atomic E-state index is 0.173. The molecule has 1 N–H and O–H groups in total. The molecule has 0 atom stereocenters. The number of thioether (sulfide) groups is 1. The molecular formula is C24H20N2O3S. The highest BCUT2D eigenvalue weighted by molar-refractivity contribution is 8.14. The van der Waals surface area contributed by atoms with Gasteiger partial charge in [0.1, 0.15) is 0 Å². The van der Waals surface area contributed by atoms with Crippen molar-refractivity contribution in [3.8, 4) is 0 Å². The molecule has 30 heavy (non-hydrogen) atoms. The van der Waals surface area contributed by atoms with Gasteiger partial charge in [0.05, 0.1) is 18.3 Å². The van der Waals surface area contributed by atoms with E-state index in [1.54, 1.807) is 18.2 Å². The number of hydrogen-bond donors (Lipinski definition) is 1. The van der Waals surface area contributed by atoms with Crippen LogP contribution in [0, 0.1) is 0 Å². The quantitative estimate of drug-likeness (QED) is 0.647. The normalized spacial score (nSPS) is 13.7. The number of hydrogen-bond acceptors (Lipinski definition) is 4. The van der Waals surface area contributed by atoms with Crippen LogP contribution in [0.2, 0.25) is 0 Å². The summed E-state index contributed by atoms with van der Waals surface area (Å²) in [5.41, 5.74) is 3.19. The molecule has 5 nitrogen and oxygen atoms in total. The van der Waals surface area contributed by atoms with Crippen molar-refractivity contribution in [2.45, 2.75) is 12.6 Å². The van der Waals surface area contributed by atoms with E-state index in [2.05, 4.69) is 5.32 Å². The van der Waals surface area contributed by atoms with Crippen molar-refractivity contribution in [2.75, 3.05) is 5.75 Å². The van der Waals surface area contributed by atoms with Crippen LogP contribution in [0.5, 0.6) is 0 Å². The fourth-order valence-electron chi connectivity index (χ4n) is 3.39. The molecule has 0 radical (unpaired) electrons. The largest absolute Gasteiger partial charge is 0.341 e. The number of carbonyl (C=O) groups is 3. The fourth-order valence-corrected chi connectivity index (χ4v) is 4.12. The highest BCUT2D eigenvalue weighted by Gasteiger charge is 2.29. The zero-order chi connectivity index (χ0) is 20.9. The standard InChI is InChI=1S/C24H20N2O3S/c27-21-16-30-24(29)26(21)15-17-8-7-13-20(14-17)23(28)25-22(18-9-3-1-4-10-18)19-11-5-2-6-12-19/h1-14,22H,15-16H2,(H,25,28). The third kappa shape index (κ3) is 4.44. The first kappa shape index (κ1) is 19.9. The zero-order valence-corrected chi connectivity index (χ0v) is 17.0. The van der Waals surface area contributed by atoms with E-state index in [1.807, 2.05) is 66.7 Å². The topological polar surface area (TPSA) is 66.5 Å². The molecule has 0 unspecified atom stereocenters. The minimum atomic E-state index is -0.290. The Hall–Kier alpha value is -3.38. The Morgan fingerprint density at radius 1 is 0.900 bits per heavy atom. The molecule has 3 amide bonds. The SMILES string of the molecule is O=C(NC(c1ccccc1)c1ccccc1)c1cccc(CN2C(=O)CSC2=O)c1. The van der Waals surface area contributed by atoms with Gasteiger partial charge in [-0.05, 0) is 28.8 Å². The van der Waals surface area contributed by atoms with Crippen LogP contribution in [0.3, 0.4) is 0 Å². The summed E-state index contributed by atoms with van der Waals surface area (Å²) in [5.74, 6) is -0.245. The second kappa shape index (κ2) is 8.97. The molecule has 1 aliphatic heterocycles. The lowest BCUT2D eigenvalue weighted by molar-refractivity contribution is -0.125. The molecule has 0 bridgehead atoms. The van der Waals surface area contributed by atoms with Gasteiger partial charge in [-0.1, -0.05) is 84.6 Å². The predicted molar refractivity (Wildman–Crippen MR) is 117 cm³/mol. The molecule has 1 fully saturated rings. The number of imide groups is 1. The Labute approximate surface area is 179 Å². The van der Waals surface area contributed by atoms with E-state index in [1.165, 1.54) is 4.90 Å². The van der Waals surface area contributed by atoms with Gasteiger partial charge in [-0.2, -0.15) is 0 Å². The third-order valence-corrected chi connectivity index (χ3v) is 5.77. The average Bonchev–Trinajstić information content (AvgIpc) is 3.11. The smallest absolute Gasteiger partial charge is 0.289 e. The Bertz CT molecular complexity index is 1010. The van der Waals surface area contributed by atoms with E-state index < -0.39 is 0 Å². The molecule has 1 heterocycles. The van der Waals surface area contributed by atoms with Gasteiger partial charge < -0.3 is 5.32 Å². The number of rotatable bonds is 6. The molecule has 0 aromatic heterocycles. The first-order valence-electron chi connectivity index (χ1n) is 9.58. The molecule has 3 aromatic carbocycles. The maximum absolute atomic E-state index is 13.1. The van der Waals surface area contributed by atoms with Gasteiger partial charge in [0.25, 0.3) is 11.1 Å². The van der Waals surface area contributed by atoms with E-state index in [0.717, 1.165) is 28.5 Å². The van der Waals surface area contributed by atoms with Crippen molar-refractivity contribution in [2.24, 2.45) is 0 Å². The molecule has 150 valence electrons. The van der Waals surface area contributed by atoms with Crippen LogP contribution in [-0.2, 0) is 11.3 Å². The number of nitrogens with zero attached hydrogens (tertiary/aromatic N) is 1. The van der Waals surface area contributed by atoms with Crippen LogP contribution in [0.4, 0.5) is 4.79 Å². The number of benzene rings is 3. The van der Waals surface area contributed by atoms with E-state index in [-0.39, 0.29) is 35.4 Å². The summed E-state index contributed by atoms with van der Waals surface area (Å²) in [4.78, 5) is 38.0. The lowest BCUT2D eigenvalue weighted by Crippen LogP contribution is -2.30. The maximum atomic E-state index is 13.1. The summed E-state index contributed by atoms with van der Waals surface area (Å²) in [7, 11) is 0. The molecular weight excluding hydrogens is 396 g/mol. The van der Waals surface area contributed by atoms with Gasteiger partial charge in [0, 0.05) is 5.56 Å². The molecule has 0 spiro atoms. The van der Waals surface area contributed by atoms with Crippen molar-refractivity contribution in [1.29, 1.82) is 0 Å². The third-order valence-electron chi connectivity index (χ3n) is 4.91. The molecule has 4 rings (SSSR count). The Morgan fingerprint density at radius 3 is 2.10 bits per heavy atom. The first-order valence-corrected chi connectivity index (χ1v) is 10.6. The van der Waals surface area contributed by atoms with Crippen LogP contribution >= 0.6 is 11.8 Å². The highest BCUT2D eigenvalue weighted by atomic mass is 32.2. The maximum Gasteiger partial charge on any atom is 0.289 e. The van der Waals surface area contributed by atoms with Crippen molar-refractivity contribution in [3.63, 3.8) is 0 Å². The highest BCUT2D eigenvalue weighted by Crippen LogP contribution is 2.24. The number of amides is 3. The van der Waals surface area contributed by atoms with E-state index in [9.17, 15) is 14.4 Å². The summed E-state index contributed by atoms with van der Waals surface area (Å²) in [6, 6.07) is 26.3. The Balaban J connectivity index is 1.56. The van der Waals surface area contributed by atoms with Gasteiger partial charge in [-0.3, -0.25) is 19.3 Å². The molecule has 3 aromatic rings. The predicted octanol–water partition coefficient (Wildman–Crippen LogP) is 4.40. The van der Waals surface area contributed by atoms with Gasteiger partial charge in [0.15, 0.2) is 0 Å². The van der Waals surface area contributed by atoms with E-state index >= 15 is 0 Å². The lowest BCUT2D eigenvalue weighted by atomic mass is 9.98. The van der Waals surface area contributed by atoms with Gasteiger partial charge in [-0.25, -0.2) is 0 Å². The van der Waals surface area contributed by atoms with E-state index in [4.69, 9.17) is 0 Å². The summed E-state index contributed by atoms with van der Waals surface area (Å²) in [6.45, 7) is 0.173. The molecule has 0 aliphatic carbocycles. The average molecular weight is 417 g/mol. The molecule has 1 aliphatic rings. The zero-order valence-electron chi connectivity index (χ0n) is 16.2. The van der Waals surface area contributed by atoms with Crippen LogP contribution in [0.1, 0.15) is 33.1 Å². The summed E-state index contributed by atoms with van der Waals surface area (Å²) in [6.07, 6.45) is 0. The van der Waals surface area contributed by atoms with Gasteiger partial charge in [-0.15, -0.1) is 0 Å². The minimum Gasteiger partial charge on any atom is -0.341 e. The van der Waals surface area contributed by atoms with Crippen molar-refractivity contribution in [3.05, 3.63) is 107 Å². The monoisotopic (exact) mass is 416 g/mol. The van der Waals surface area contributed by atoms with E-state index in [0.29, 0.717) is 5.56 Å². The fraction of sp³-hybridized carbons (Fsp3) is 0.125.